The van der Waals surface area contributed by atoms with Crippen molar-refractivity contribution >= 4 is 22.9 Å². The molecule has 1 aliphatic carbocycles. The number of hydrogen-bond donors (Lipinski definition) is 2. The highest BCUT2D eigenvalue weighted by molar-refractivity contribution is 5.81. The molecule has 1 aromatic heterocycles. The normalized spacial score (nSPS) is 15.4. The van der Waals surface area contributed by atoms with Crippen LogP contribution in [0.4, 0.5) is 0 Å². The van der Waals surface area contributed by atoms with Crippen LogP contribution >= 0.6 is 0 Å². The Kier molecular flexibility index (Phi) is 5.68. The van der Waals surface area contributed by atoms with Gasteiger partial charge in [-0.1, -0.05) is 31.4 Å². The van der Waals surface area contributed by atoms with Gasteiger partial charge in [0.1, 0.15) is 12.4 Å². The second-order valence-corrected chi connectivity index (χ2v) is 6.73. The monoisotopic (exact) mass is 343 g/mol. The van der Waals surface area contributed by atoms with Crippen LogP contribution < -0.4 is 5.32 Å². The molecule has 1 aromatic carbocycles. The quantitative estimate of drug-likeness (QED) is 0.757. The van der Waals surface area contributed by atoms with Crippen molar-refractivity contribution in [3.05, 3.63) is 30.1 Å². The van der Waals surface area contributed by atoms with E-state index in [1.165, 1.54) is 19.3 Å². The lowest BCUT2D eigenvalue weighted by Crippen LogP contribution is -2.29. The zero-order valence-electron chi connectivity index (χ0n) is 14.4. The minimum absolute atomic E-state index is 0.0710. The number of imidazole rings is 1. The highest BCUT2D eigenvalue weighted by atomic mass is 16.4. The standard InChI is InChI=1S/C19H25N3O3/c23-17(20-12-6-11-18(24)25)13-22-16-10-5-4-9-15(16)21-19(22)14-7-2-1-3-8-14/h4-5,9-10,14H,1-3,6-8,11-13H2,(H,20,23)(H,24,25). The van der Waals surface area contributed by atoms with E-state index in [0.717, 1.165) is 29.7 Å². The van der Waals surface area contributed by atoms with Crippen LogP contribution in [-0.4, -0.2) is 33.1 Å². The van der Waals surface area contributed by atoms with Crippen molar-refractivity contribution in [2.45, 2.75) is 57.4 Å². The first-order valence-corrected chi connectivity index (χ1v) is 9.09. The number of carboxylic acid groups (broad SMARTS) is 1. The molecule has 2 aromatic rings. The van der Waals surface area contributed by atoms with Gasteiger partial charge in [0.15, 0.2) is 0 Å². The van der Waals surface area contributed by atoms with E-state index in [-0.39, 0.29) is 18.9 Å². The van der Waals surface area contributed by atoms with Gasteiger partial charge in [-0.05, 0) is 31.4 Å². The fourth-order valence-corrected chi connectivity index (χ4v) is 3.60. The number of fused-ring (bicyclic) bond motifs is 1. The van der Waals surface area contributed by atoms with Crippen molar-refractivity contribution in [1.82, 2.24) is 14.9 Å². The van der Waals surface area contributed by atoms with E-state index < -0.39 is 5.97 Å². The molecule has 0 radical (unpaired) electrons. The van der Waals surface area contributed by atoms with E-state index in [0.29, 0.717) is 18.9 Å². The Bertz CT molecular complexity index is 747. The zero-order chi connectivity index (χ0) is 17.6. The first kappa shape index (κ1) is 17.5. The average Bonchev–Trinajstić information content (AvgIpc) is 2.98. The van der Waals surface area contributed by atoms with Gasteiger partial charge in [0.2, 0.25) is 5.91 Å². The fourth-order valence-electron chi connectivity index (χ4n) is 3.60. The Morgan fingerprint density at radius 1 is 1.20 bits per heavy atom. The number of rotatable bonds is 7. The van der Waals surface area contributed by atoms with Crippen molar-refractivity contribution < 1.29 is 14.7 Å². The topological polar surface area (TPSA) is 84.2 Å². The number of carboxylic acids is 1. The third-order valence-corrected chi connectivity index (χ3v) is 4.85. The summed E-state index contributed by atoms with van der Waals surface area (Å²) in [6, 6.07) is 7.93. The summed E-state index contributed by atoms with van der Waals surface area (Å²) in [5.41, 5.74) is 1.92. The molecule has 0 unspecified atom stereocenters. The van der Waals surface area contributed by atoms with E-state index in [9.17, 15) is 9.59 Å². The summed E-state index contributed by atoms with van der Waals surface area (Å²) in [4.78, 5) is 27.7. The highest BCUT2D eigenvalue weighted by Gasteiger charge is 2.23. The van der Waals surface area contributed by atoms with Crippen LogP contribution in [0.15, 0.2) is 24.3 Å². The molecule has 0 spiro atoms. The van der Waals surface area contributed by atoms with Gasteiger partial charge >= 0.3 is 5.97 Å². The van der Waals surface area contributed by atoms with Crippen molar-refractivity contribution in [2.24, 2.45) is 0 Å². The Balaban J connectivity index is 1.74. The van der Waals surface area contributed by atoms with Crippen LogP contribution in [0.1, 0.15) is 56.7 Å². The maximum absolute atomic E-state index is 12.3. The smallest absolute Gasteiger partial charge is 0.303 e. The zero-order valence-corrected chi connectivity index (χ0v) is 14.4. The number of hydrogen-bond acceptors (Lipinski definition) is 3. The lowest BCUT2D eigenvalue weighted by Gasteiger charge is -2.22. The average molecular weight is 343 g/mol. The molecular weight excluding hydrogens is 318 g/mol. The number of nitrogens with one attached hydrogen (secondary N) is 1. The van der Waals surface area contributed by atoms with Gasteiger partial charge in [0.25, 0.3) is 0 Å². The Labute approximate surface area is 147 Å². The molecule has 1 aliphatic rings. The van der Waals surface area contributed by atoms with Gasteiger partial charge in [0, 0.05) is 18.9 Å². The molecule has 0 aliphatic heterocycles. The number of nitrogens with zero attached hydrogens (tertiary/aromatic N) is 2. The fraction of sp³-hybridized carbons (Fsp3) is 0.526. The van der Waals surface area contributed by atoms with Gasteiger partial charge < -0.3 is 15.0 Å². The number of aromatic nitrogens is 2. The summed E-state index contributed by atoms with van der Waals surface area (Å²) in [6.07, 6.45) is 6.49. The van der Waals surface area contributed by atoms with Gasteiger partial charge in [-0.3, -0.25) is 9.59 Å². The first-order chi connectivity index (χ1) is 12.1. The highest BCUT2D eigenvalue weighted by Crippen LogP contribution is 2.33. The minimum atomic E-state index is -0.838. The molecule has 3 rings (SSSR count). The molecule has 6 nitrogen and oxygen atoms in total. The number of carbonyl (C=O) groups is 2. The lowest BCUT2D eigenvalue weighted by molar-refractivity contribution is -0.137. The molecule has 134 valence electrons. The van der Waals surface area contributed by atoms with E-state index in [4.69, 9.17) is 10.1 Å². The summed E-state index contributed by atoms with van der Waals surface area (Å²) in [6.45, 7) is 0.621. The molecule has 0 atom stereocenters. The number of para-hydroxylation sites is 2. The van der Waals surface area contributed by atoms with Crippen LogP contribution in [0, 0.1) is 0 Å². The number of aliphatic carboxylic acids is 1. The largest absolute Gasteiger partial charge is 0.481 e. The van der Waals surface area contributed by atoms with Crippen molar-refractivity contribution in [2.75, 3.05) is 6.54 Å². The summed E-state index contributed by atoms with van der Waals surface area (Å²) in [5, 5.41) is 11.5. The summed E-state index contributed by atoms with van der Waals surface area (Å²) in [7, 11) is 0. The number of amides is 1. The second-order valence-electron chi connectivity index (χ2n) is 6.73. The van der Waals surface area contributed by atoms with Gasteiger partial charge in [-0.2, -0.15) is 0 Å². The van der Waals surface area contributed by atoms with Crippen LogP contribution in [0.3, 0.4) is 0 Å². The van der Waals surface area contributed by atoms with E-state index in [2.05, 4.69) is 5.32 Å². The van der Waals surface area contributed by atoms with Gasteiger partial charge in [0.05, 0.1) is 11.0 Å². The van der Waals surface area contributed by atoms with E-state index >= 15 is 0 Å². The Morgan fingerprint density at radius 3 is 2.72 bits per heavy atom. The Morgan fingerprint density at radius 2 is 1.96 bits per heavy atom. The molecular formula is C19H25N3O3. The third-order valence-electron chi connectivity index (χ3n) is 4.85. The second kappa shape index (κ2) is 8.14. The molecule has 6 heteroatoms. The van der Waals surface area contributed by atoms with Crippen LogP contribution in [-0.2, 0) is 16.1 Å². The van der Waals surface area contributed by atoms with Crippen molar-refractivity contribution in [3.8, 4) is 0 Å². The Hall–Kier alpha value is -2.37. The number of benzene rings is 1. The summed E-state index contributed by atoms with van der Waals surface area (Å²) >= 11 is 0. The molecule has 1 amide bonds. The molecule has 1 saturated carbocycles. The van der Waals surface area contributed by atoms with Gasteiger partial charge in [-0.15, -0.1) is 0 Å². The maximum atomic E-state index is 12.3. The first-order valence-electron chi connectivity index (χ1n) is 9.09. The minimum Gasteiger partial charge on any atom is -0.481 e. The lowest BCUT2D eigenvalue weighted by atomic mass is 9.88. The predicted molar refractivity (Wildman–Crippen MR) is 95.4 cm³/mol. The maximum Gasteiger partial charge on any atom is 0.303 e. The molecule has 1 fully saturated rings. The van der Waals surface area contributed by atoms with Gasteiger partial charge in [-0.25, -0.2) is 4.98 Å². The SMILES string of the molecule is O=C(O)CCCNC(=O)Cn1c(C2CCCCC2)nc2ccccc21. The summed E-state index contributed by atoms with van der Waals surface area (Å²) in [5.74, 6) is 0.502. The summed E-state index contributed by atoms with van der Waals surface area (Å²) < 4.78 is 2.04. The van der Waals surface area contributed by atoms with E-state index in [1.54, 1.807) is 0 Å². The molecule has 25 heavy (non-hydrogen) atoms. The van der Waals surface area contributed by atoms with E-state index in [1.807, 2.05) is 28.8 Å². The van der Waals surface area contributed by atoms with Crippen LogP contribution in [0.5, 0.6) is 0 Å². The molecule has 1 heterocycles. The molecule has 0 saturated heterocycles. The van der Waals surface area contributed by atoms with Crippen molar-refractivity contribution in [3.63, 3.8) is 0 Å². The molecule has 0 bridgehead atoms. The third kappa shape index (κ3) is 4.38. The van der Waals surface area contributed by atoms with Crippen LogP contribution in [0.2, 0.25) is 0 Å². The van der Waals surface area contributed by atoms with Crippen LogP contribution in [0.25, 0.3) is 11.0 Å². The predicted octanol–water partition coefficient (Wildman–Crippen LogP) is 3.07. The van der Waals surface area contributed by atoms with Crippen molar-refractivity contribution in [1.29, 1.82) is 0 Å². The number of carbonyl (C=O) groups excluding carboxylic acids is 1. The molecule has 2 N–H and O–H groups in total.